The largest absolute Gasteiger partial charge is 0.497 e. The molecular formula is C23H24N2O4S. The molecule has 0 saturated carbocycles. The van der Waals surface area contributed by atoms with Gasteiger partial charge in [-0.25, -0.2) is 8.42 Å². The van der Waals surface area contributed by atoms with Gasteiger partial charge in [0.25, 0.3) is 0 Å². The second-order valence-electron chi connectivity index (χ2n) is 7.41. The quantitative estimate of drug-likeness (QED) is 0.674. The average molecular weight is 425 g/mol. The molecule has 30 heavy (non-hydrogen) atoms. The number of benzene rings is 3. The van der Waals surface area contributed by atoms with Gasteiger partial charge in [0.1, 0.15) is 5.75 Å². The number of ether oxygens (including phenoxy) is 1. The van der Waals surface area contributed by atoms with E-state index in [-0.39, 0.29) is 16.7 Å². The monoisotopic (exact) mass is 424 g/mol. The van der Waals surface area contributed by atoms with Crippen LogP contribution in [0.4, 0.5) is 5.69 Å². The first-order valence-electron chi connectivity index (χ1n) is 9.91. The van der Waals surface area contributed by atoms with Crippen LogP contribution in [0.1, 0.15) is 12.8 Å². The smallest absolute Gasteiger partial charge is 0.243 e. The Kier molecular flexibility index (Phi) is 5.74. The molecule has 1 fully saturated rings. The third-order valence-corrected chi connectivity index (χ3v) is 7.45. The lowest BCUT2D eigenvalue weighted by Gasteiger charge is -2.30. The van der Waals surface area contributed by atoms with E-state index in [2.05, 4.69) is 5.32 Å². The zero-order chi connectivity index (χ0) is 21.1. The molecule has 3 aromatic rings. The van der Waals surface area contributed by atoms with Gasteiger partial charge in [-0.05, 0) is 60.0 Å². The van der Waals surface area contributed by atoms with Crippen molar-refractivity contribution in [1.82, 2.24) is 4.31 Å². The van der Waals surface area contributed by atoms with Crippen molar-refractivity contribution in [3.63, 3.8) is 0 Å². The van der Waals surface area contributed by atoms with E-state index in [4.69, 9.17) is 4.74 Å². The highest BCUT2D eigenvalue weighted by molar-refractivity contribution is 7.89. The van der Waals surface area contributed by atoms with Crippen LogP contribution < -0.4 is 10.1 Å². The number of hydrogen-bond acceptors (Lipinski definition) is 4. The molecular weight excluding hydrogens is 400 g/mol. The number of fused-ring (bicyclic) bond motifs is 1. The van der Waals surface area contributed by atoms with Gasteiger partial charge in [0.15, 0.2) is 0 Å². The zero-order valence-electron chi connectivity index (χ0n) is 16.7. The van der Waals surface area contributed by atoms with Gasteiger partial charge in [-0.3, -0.25) is 4.79 Å². The molecule has 3 aromatic carbocycles. The molecule has 0 radical (unpaired) electrons. The van der Waals surface area contributed by atoms with Crippen molar-refractivity contribution in [2.45, 2.75) is 17.7 Å². The van der Waals surface area contributed by atoms with Crippen molar-refractivity contribution in [2.24, 2.45) is 5.92 Å². The van der Waals surface area contributed by atoms with Gasteiger partial charge in [0.2, 0.25) is 15.9 Å². The fourth-order valence-corrected chi connectivity index (χ4v) is 5.24. The van der Waals surface area contributed by atoms with Gasteiger partial charge < -0.3 is 10.1 Å². The Morgan fingerprint density at radius 3 is 2.30 bits per heavy atom. The number of nitrogens with one attached hydrogen (secondary N) is 1. The normalized spacial score (nSPS) is 15.8. The van der Waals surface area contributed by atoms with Crippen LogP contribution in [-0.4, -0.2) is 38.8 Å². The third-order valence-electron chi connectivity index (χ3n) is 5.54. The molecule has 1 N–H and O–H groups in total. The molecule has 0 unspecified atom stereocenters. The molecule has 1 aliphatic rings. The van der Waals surface area contributed by atoms with Crippen molar-refractivity contribution in [1.29, 1.82) is 0 Å². The summed E-state index contributed by atoms with van der Waals surface area (Å²) in [6.45, 7) is 0.647. The Morgan fingerprint density at radius 2 is 1.63 bits per heavy atom. The Balaban J connectivity index is 1.38. The summed E-state index contributed by atoms with van der Waals surface area (Å²) in [7, 11) is -2.03. The number of piperidine rings is 1. The number of nitrogens with zero attached hydrogens (tertiary/aromatic N) is 1. The molecule has 6 nitrogen and oxygen atoms in total. The summed E-state index contributed by atoms with van der Waals surface area (Å²) >= 11 is 0. The highest BCUT2D eigenvalue weighted by Crippen LogP contribution is 2.26. The Bertz CT molecular complexity index is 1150. The molecule has 0 bridgehead atoms. The first kappa shape index (κ1) is 20.4. The third kappa shape index (κ3) is 4.17. The fraction of sp³-hybridized carbons (Fsp3) is 0.261. The summed E-state index contributed by atoms with van der Waals surface area (Å²) < 4.78 is 32.3. The van der Waals surface area contributed by atoms with Crippen LogP contribution in [0, 0.1) is 5.92 Å². The molecule has 0 atom stereocenters. The highest BCUT2D eigenvalue weighted by atomic mass is 32.2. The predicted molar refractivity (Wildman–Crippen MR) is 117 cm³/mol. The summed E-state index contributed by atoms with van der Waals surface area (Å²) in [5.41, 5.74) is 0.756. The summed E-state index contributed by atoms with van der Waals surface area (Å²) in [6, 6.07) is 20.2. The minimum atomic E-state index is -3.57. The van der Waals surface area contributed by atoms with Crippen molar-refractivity contribution < 1.29 is 17.9 Å². The molecule has 1 aliphatic heterocycles. The second-order valence-corrected chi connectivity index (χ2v) is 9.34. The average Bonchev–Trinajstić information content (AvgIpc) is 2.79. The number of methoxy groups -OCH3 is 1. The SMILES string of the molecule is COc1ccc(S(=O)(=O)N2CCC(C(=O)Nc3ccc4ccccc4c3)CC2)cc1. The van der Waals surface area contributed by atoms with Crippen molar-refractivity contribution in [2.75, 3.05) is 25.5 Å². The molecule has 0 aromatic heterocycles. The van der Waals surface area contributed by atoms with Gasteiger partial charge in [0, 0.05) is 24.7 Å². The van der Waals surface area contributed by atoms with Crippen LogP contribution in [-0.2, 0) is 14.8 Å². The molecule has 1 amide bonds. The van der Waals surface area contributed by atoms with Gasteiger partial charge in [-0.1, -0.05) is 30.3 Å². The van der Waals surface area contributed by atoms with Crippen molar-refractivity contribution in [3.8, 4) is 5.75 Å². The van der Waals surface area contributed by atoms with Crippen LogP contribution >= 0.6 is 0 Å². The van der Waals surface area contributed by atoms with Crippen LogP contribution in [0.2, 0.25) is 0 Å². The lowest BCUT2D eigenvalue weighted by Crippen LogP contribution is -2.41. The molecule has 156 valence electrons. The van der Waals surface area contributed by atoms with E-state index in [0.29, 0.717) is 31.7 Å². The molecule has 4 rings (SSSR count). The molecule has 7 heteroatoms. The van der Waals surface area contributed by atoms with Crippen LogP contribution in [0.5, 0.6) is 5.75 Å². The number of hydrogen-bond donors (Lipinski definition) is 1. The summed E-state index contributed by atoms with van der Waals surface area (Å²) in [5.74, 6) is 0.337. The van der Waals surface area contributed by atoms with E-state index in [1.807, 2.05) is 42.5 Å². The topological polar surface area (TPSA) is 75.7 Å². The first-order valence-corrected chi connectivity index (χ1v) is 11.4. The number of carbonyl (C=O) groups is 1. The Hall–Kier alpha value is -2.90. The van der Waals surface area contributed by atoms with Gasteiger partial charge in [0.05, 0.1) is 12.0 Å². The summed E-state index contributed by atoms with van der Waals surface area (Å²) in [6.07, 6.45) is 0.990. The molecule has 1 saturated heterocycles. The second kappa shape index (κ2) is 8.45. The van der Waals surface area contributed by atoms with Crippen molar-refractivity contribution in [3.05, 3.63) is 66.7 Å². The van der Waals surface area contributed by atoms with E-state index >= 15 is 0 Å². The maximum atomic E-state index is 12.9. The van der Waals surface area contributed by atoms with Gasteiger partial charge in [-0.15, -0.1) is 0 Å². The molecule has 1 heterocycles. The first-order chi connectivity index (χ1) is 14.5. The minimum Gasteiger partial charge on any atom is -0.497 e. The fourth-order valence-electron chi connectivity index (χ4n) is 3.77. The van der Waals surface area contributed by atoms with Crippen LogP contribution in [0.15, 0.2) is 71.6 Å². The number of amides is 1. The van der Waals surface area contributed by atoms with E-state index in [9.17, 15) is 13.2 Å². The number of sulfonamides is 1. The maximum Gasteiger partial charge on any atom is 0.243 e. The van der Waals surface area contributed by atoms with E-state index < -0.39 is 10.0 Å². The molecule has 0 spiro atoms. The van der Waals surface area contributed by atoms with E-state index in [0.717, 1.165) is 16.5 Å². The lowest BCUT2D eigenvalue weighted by atomic mass is 9.97. The van der Waals surface area contributed by atoms with Gasteiger partial charge in [-0.2, -0.15) is 4.31 Å². The lowest BCUT2D eigenvalue weighted by molar-refractivity contribution is -0.120. The predicted octanol–water partition coefficient (Wildman–Crippen LogP) is 3.89. The van der Waals surface area contributed by atoms with Crippen LogP contribution in [0.25, 0.3) is 10.8 Å². The minimum absolute atomic E-state index is 0.0632. The number of anilines is 1. The standard InChI is InChI=1S/C23H24N2O4S/c1-29-21-8-10-22(11-9-21)30(27,28)25-14-12-18(13-15-25)23(26)24-20-7-6-17-4-2-3-5-19(17)16-20/h2-11,16,18H,12-15H2,1H3,(H,24,26). The summed E-state index contributed by atoms with van der Waals surface area (Å²) in [5, 5.41) is 5.16. The zero-order valence-corrected chi connectivity index (χ0v) is 17.6. The summed E-state index contributed by atoms with van der Waals surface area (Å²) in [4.78, 5) is 12.9. The maximum absolute atomic E-state index is 12.9. The van der Waals surface area contributed by atoms with Crippen LogP contribution in [0.3, 0.4) is 0 Å². The number of carbonyl (C=O) groups excluding carboxylic acids is 1. The van der Waals surface area contributed by atoms with E-state index in [1.54, 1.807) is 24.3 Å². The Labute approximate surface area is 176 Å². The van der Waals surface area contributed by atoms with E-state index in [1.165, 1.54) is 11.4 Å². The Morgan fingerprint density at radius 1 is 0.967 bits per heavy atom. The molecule has 0 aliphatic carbocycles. The highest BCUT2D eigenvalue weighted by Gasteiger charge is 2.32. The van der Waals surface area contributed by atoms with Crippen molar-refractivity contribution >= 4 is 32.4 Å². The number of rotatable bonds is 5. The van der Waals surface area contributed by atoms with Gasteiger partial charge >= 0.3 is 0 Å².